The van der Waals surface area contributed by atoms with Gasteiger partial charge in [0, 0.05) is 0 Å². The summed E-state index contributed by atoms with van der Waals surface area (Å²) in [5.74, 6) is 4.95. The van der Waals surface area contributed by atoms with Crippen LogP contribution in [0.1, 0.15) is 26.3 Å². The summed E-state index contributed by atoms with van der Waals surface area (Å²) in [6.07, 6.45) is 1.00. The van der Waals surface area contributed by atoms with E-state index in [4.69, 9.17) is 10.6 Å². The number of anilines is 1. The van der Waals surface area contributed by atoms with E-state index in [0.717, 1.165) is 11.8 Å². The Hall–Kier alpha value is -2.21. The summed E-state index contributed by atoms with van der Waals surface area (Å²) >= 11 is 0. The normalized spacial score (nSPS) is 11.2. The van der Waals surface area contributed by atoms with E-state index in [1.807, 2.05) is 12.1 Å². The first-order valence-electron chi connectivity index (χ1n) is 6.17. The van der Waals surface area contributed by atoms with Gasteiger partial charge in [-0.2, -0.15) is 9.37 Å². The minimum Gasteiger partial charge on any atom is -0.436 e. The Morgan fingerprint density at radius 3 is 2.40 bits per heavy atom. The van der Waals surface area contributed by atoms with E-state index in [1.54, 1.807) is 12.1 Å². The SMILES string of the molecule is CC(C)(C)c1ccc(Oc2nc(NN)ncc2F)cc1. The van der Waals surface area contributed by atoms with E-state index in [0.29, 0.717) is 5.75 Å². The van der Waals surface area contributed by atoms with Crippen molar-refractivity contribution in [2.75, 3.05) is 5.43 Å². The molecule has 0 saturated carbocycles. The maximum atomic E-state index is 13.5. The van der Waals surface area contributed by atoms with Crippen molar-refractivity contribution < 1.29 is 9.13 Å². The van der Waals surface area contributed by atoms with Gasteiger partial charge >= 0.3 is 0 Å². The van der Waals surface area contributed by atoms with Gasteiger partial charge in [-0.05, 0) is 23.1 Å². The first-order chi connectivity index (χ1) is 9.40. The molecule has 0 spiro atoms. The molecule has 1 heterocycles. The van der Waals surface area contributed by atoms with E-state index < -0.39 is 5.82 Å². The Labute approximate surface area is 117 Å². The van der Waals surface area contributed by atoms with Crippen molar-refractivity contribution in [1.82, 2.24) is 9.97 Å². The van der Waals surface area contributed by atoms with Gasteiger partial charge in [0.1, 0.15) is 5.75 Å². The number of hydrogen-bond donors (Lipinski definition) is 2. The number of hydrazine groups is 1. The van der Waals surface area contributed by atoms with Crippen LogP contribution in [0.15, 0.2) is 30.5 Å². The van der Waals surface area contributed by atoms with E-state index >= 15 is 0 Å². The van der Waals surface area contributed by atoms with Crippen molar-refractivity contribution in [2.45, 2.75) is 26.2 Å². The Bertz CT molecular complexity index is 593. The summed E-state index contributed by atoms with van der Waals surface area (Å²) < 4.78 is 18.9. The van der Waals surface area contributed by atoms with Gasteiger partial charge in [0.05, 0.1) is 6.20 Å². The molecule has 106 valence electrons. The lowest BCUT2D eigenvalue weighted by Gasteiger charge is -2.19. The average Bonchev–Trinajstić information content (AvgIpc) is 2.41. The smallest absolute Gasteiger partial charge is 0.260 e. The molecule has 0 aliphatic heterocycles. The lowest BCUT2D eigenvalue weighted by atomic mass is 9.87. The summed E-state index contributed by atoms with van der Waals surface area (Å²) in [6.45, 7) is 6.35. The number of aromatic nitrogens is 2. The number of halogens is 1. The summed E-state index contributed by atoms with van der Waals surface area (Å²) in [6, 6.07) is 7.43. The average molecular weight is 276 g/mol. The first-order valence-corrected chi connectivity index (χ1v) is 6.17. The number of nitrogens with one attached hydrogen (secondary N) is 1. The summed E-state index contributed by atoms with van der Waals surface area (Å²) in [4.78, 5) is 7.46. The second-order valence-electron chi connectivity index (χ2n) is 5.37. The number of nitrogens with zero attached hydrogens (tertiary/aromatic N) is 2. The third-order valence-electron chi connectivity index (χ3n) is 2.78. The molecule has 2 rings (SSSR count). The van der Waals surface area contributed by atoms with Crippen LogP contribution in [-0.2, 0) is 5.41 Å². The third kappa shape index (κ3) is 3.21. The largest absolute Gasteiger partial charge is 0.436 e. The fraction of sp³-hybridized carbons (Fsp3) is 0.286. The van der Waals surface area contributed by atoms with Crippen LogP contribution in [0.2, 0.25) is 0 Å². The number of nitrogens with two attached hydrogens (primary N) is 1. The molecule has 2 aromatic rings. The van der Waals surface area contributed by atoms with Crippen LogP contribution in [0, 0.1) is 5.82 Å². The zero-order valence-corrected chi connectivity index (χ0v) is 11.6. The van der Waals surface area contributed by atoms with Gasteiger partial charge in [-0.3, -0.25) is 5.43 Å². The van der Waals surface area contributed by atoms with Gasteiger partial charge < -0.3 is 4.74 Å². The summed E-state index contributed by atoms with van der Waals surface area (Å²) in [7, 11) is 0. The number of hydrogen-bond acceptors (Lipinski definition) is 5. The molecule has 0 fully saturated rings. The van der Waals surface area contributed by atoms with Crippen LogP contribution in [-0.4, -0.2) is 9.97 Å². The summed E-state index contributed by atoms with van der Waals surface area (Å²) in [5.41, 5.74) is 3.46. The highest BCUT2D eigenvalue weighted by Crippen LogP contribution is 2.27. The minimum atomic E-state index is -0.649. The number of nitrogen functional groups attached to an aromatic ring is 1. The molecule has 20 heavy (non-hydrogen) atoms. The Kier molecular flexibility index (Phi) is 3.85. The number of rotatable bonds is 3. The van der Waals surface area contributed by atoms with E-state index in [1.165, 1.54) is 0 Å². The second kappa shape index (κ2) is 5.42. The minimum absolute atomic E-state index is 0.0509. The van der Waals surface area contributed by atoms with Crippen molar-refractivity contribution in [3.63, 3.8) is 0 Å². The number of benzene rings is 1. The van der Waals surface area contributed by atoms with Gasteiger partial charge in [-0.25, -0.2) is 10.8 Å². The van der Waals surface area contributed by atoms with Crippen LogP contribution in [0.4, 0.5) is 10.3 Å². The zero-order chi connectivity index (χ0) is 14.8. The first kappa shape index (κ1) is 14.2. The third-order valence-corrected chi connectivity index (χ3v) is 2.78. The van der Waals surface area contributed by atoms with Crippen molar-refractivity contribution >= 4 is 5.95 Å². The molecule has 3 N–H and O–H groups in total. The molecule has 0 aliphatic carbocycles. The van der Waals surface area contributed by atoms with Crippen LogP contribution in [0.3, 0.4) is 0 Å². The maximum Gasteiger partial charge on any atom is 0.260 e. The van der Waals surface area contributed by atoms with Crippen molar-refractivity contribution in [1.29, 1.82) is 0 Å². The molecule has 0 amide bonds. The predicted molar refractivity (Wildman–Crippen MR) is 75.0 cm³/mol. The highest BCUT2D eigenvalue weighted by atomic mass is 19.1. The maximum absolute atomic E-state index is 13.5. The monoisotopic (exact) mass is 276 g/mol. The molecule has 1 aromatic heterocycles. The lowest BCUT2D eigenvalue weighted by molar-refractivity contribution is 0.420. The zero-order valence-electron chi connectivity index (χ0n) is 11.6. The van der Waals surface area contributed by atoms with Crippen molar-refractivity contribution in [3.05, 3.63) is 41.8 Å². The molecule has 0 saturated heterocycles. The predicted octanol–water partition coefficient (Wildman–Crippen LogP) is 2.99. The van der Waals surface area contributed by atoms with E-state index in [-0.39, 0.29) is 17.2 Å². The van der Waals surface area contributed by atoms with E-state index in [2.05, 4.69) is 36.2 Å². The van der Waals surface area contributed by atoms with Gasteiger partial charge in [0.15, 0.2) is 0 Å². The molecule has 0 unspecified atom stereocenters. The standard InChI is InChI=1S/C14H17FN4O/c1-14(2,3)9-4-6-10(7-5-9)20-12-11(15)8-17-13(18-12)19-16/h4-8H,16H2,1-3H3,(H,17,18,19). The van der Waals surface area contributed by atoms with E-state index in [9.17, 15) is 4.39 Å². The highest BCUT2D eigenvalue weighted by molar-refractivity contribution is 5.35. The Morgan fingerprint density at radius 1 is 1.20 bits per heavy atom. The molecule has 0 bridgehead atoms. The van der Waals surface area contributed by atoms with Gasteiger partial charge in [-0.15, -0.1) is 0 Å². The van der Waals surface area contributed by atoms with Gasteiger partial charge in [0.25, 0.3) is 5.88 Å². The fourth-order valence-corrected chi connectivity index (χ4v) is 1.63. The molecule has 1 aromatic carbocycles. The molecular formula is C14H17FN4O. The molecule has 0 aliphatic rings. The molecule has 5 nitrogen and oxygen atoms in total. The fourth-order valence-electron chi connectivity index (χ4n) is 1.63. The van der Waals surface area contributed by atoms with Crippen LogP contribution < -0.4 is 16.0 Å². The molecule has 6 heteroatoms. The van der Waals surface area contributed by atoms with Gasteiger partial charge in [0.2, 0.25) is 11.8 Å². The molecule has 0 radical (unpaired) electrons. The quantitative estimate of drug-likeness (QED) is 0.666. The highest BCUT2D eigenvalue weighted by Gasteiger charge is 2.14. The second-order valence-corrected chi connectivity index (χ2v) is 5.37. The topological polar surface area (TPSA) is 73.1 Å². The van der Waals surface area contributed by atoms with Gasteiger partial charge in [-0.1, -0.05) is 32.9 Å². The summed E-state index contributed by atoms with van der Waals surface area (Å²) in [5, 5.41) is 0. The van der Waals surface area contributed by atoms with Crippen LogP contribution in [0.25, 0.3) is 0 Å². The van der Waals surface area contributed by atoms with Crippen molar-refractivity contribution in [2.24, 2.45) is 5.84 Å². The molecule has 0 atom stereocenters. The Morgan fingerprint density at radius 2 is 1.85 bits per heavy atom. The van der Waals surface area contributed by atoms with Crippen LogP contribution in [0.5, 0.6) is 11.6 Å². The molecular weight excluding hydrogens is 259 g/mol. The van der Waals surface area contributed by atoms with Crippen LogP contribution >= 0.6 is 0 Å². The Balaban J connectivity index is 2.22. The number of ether oxygens (including phenoxy) is 1. The lowest BCUT2D eigenvalue weighted by Crippen LogP contribution is -2.11. The van der Waals surface area contributed by atoms with Crippen molar-refractivity contribution in [3.8, 4) is 11.6 Å².